The van der Waals surface area contributed by atoms with Gasteiger partial charge in [0.15, 0.2) is 0 Å². The first-order valence-corrected chi connectivity index (χ1v) is 29.5. The molecule has 17 nitrogen and oxygen atoms in total. The third kappa shape index (κ3) is 20.8. The van der Waals surface area contributed by atoms with Crippen molar-refractivity contribution in [1.82, 2.24) is 83.0 Å². The van der Waals surface area contributed by atoms with Crippen LogP contribution in [0.2, 0.25) is 0 Å². The van der Waals surface area contributed by atoms with Gasteiger partial charge in [-0.25, -0.2) is 19.9 Å². The van der Waals surface area contributed by atoms with E-state index < -0.39 is 0 Å². The second-order valence-corrected chi connectivity index (χ2v) is 24.9. The highest BCUT2D eigenvalue weighted by Crippen LogP contribution is 2.32. The summed E-state index contributed by atoms with van der Waals surface area (Å²) in [4.78, 5) is 19.8. The number of thiazole rings is 2. The molecular formula is C56H87N17S5. The summed E-state index contributed by atoms with van der Waals surface area (Å²) in [5, 5.41) is 32.5. The lowest BCUT2D eigenvalue weighted by atomic mass is 9.99. The Bertz CT molecular complexity index is 3040. The maximum atomic E-state index is 4.59. The molecule has 0 spiro atoms. The van der Waals surface area contributed by atoms with Gasteiger partial charge in [0.2, 0.25) is 0 Å². The van der Waals surface area contributed by atoms with Crippen LogP contribution >= 0.6 is 57.1 Å². The van der Waals surface area contributed by atoms with Gasteiger partial charge < -0.3 is 9.13 Å². The first-order chi connectivity index (χ1) is 36.2. The van der Waals surface area contributed by atoms with E-state index in [4.69, 9.17) is 0 Å². The third-order valence-electron chi connectivity index (χ3n) is 13.3. The van der Waals surface area contributed by atoms with E-state index in [0.29, 0.717) is 0 Å². The summed E-state index contributed by atoms with van der Waals surface area (Å²) in [7, 11) is 7.83. The third-order valence-corrected chi connectivity index (χ3v) is 17.7. The van der Waals surface area contributed by atoms with Gasteiger partial charge >= 0.3 is 0 Å². The van der Waals surface area contributed by atoms with E-state index in [1.807, 2.05) is 134 Å². The van der Waals surface area contributed by atoms with Crippen LogP contribution in [0.1, 0.15) is 137 Å². The van der Waals surface area contributed by atoms with E-state index in [1.54, 1.807) is 50.2 Å². The Kier molecular flexibility index (Phi) is 27.8. The largest absolute Gasteiger partial charge is 0.335 e. The van der Waals surface area contributed by atoms with Gasteiger partial charge in [0, 0.05) is 49.3 Å². The Morgan fingerprint density at radius 2 is 0.872 bits per heavy atom. The monoisotopic (exact) mass is 1160 g/mol. The van der Waals surface area contributed by atoms with E-state index in [9.17, 15) is 0 Å². The summed E-state index contributed by atoms with van der Waals surface area (Å²) in [6.45, 7) is 51.1. The van der Waals surface area contributed by atoms with Crippen LogP contribution in [-0.4, -0.2) is 83.0 Å². The number of nitrogens with zero attached hydrogens (tertiary/aromatic N) is 17. The zero-order valence-corrected chi connectivity index (χ0v) is 56.2. The zero-order chi connectivity index (χ0) is 59.6. The molecule has 22 heteroatoms. The van der Waals surface area contributed by atoms with Crippen molar-refractivity contribution in [3.8, 4) is 0 Å². The number of imidazole rings is 1. The first kappa shape index (κ1) is 68.3. The number of hydrogen-bond donors (Lipinski definition) is 0. The lowest BCUT2D eigenvalue weighted by Gasteiger charge is -2.09. The van der Waals surface area contributed by atoms with Gasteiger partial charge in [-0.2, -0.15) is 13.8 Å². The zero-order valence-electron chi connectivity index (χ0n) is 52.1. The molecule has 0 amide bonds. The quantitative estimate of drug-likeness (QED) is 0.140. The lowest BCUT2D eigenvalue weighted by molar-refractivity contribution is 0.696. The van der Waals surface area contributed by atoms with Crippen molar-refractivity contribution in [2.45, 2.75) is 173 Å². The van der Waals surface area contributed by atoms with Crippen molar-refractivity contribution in [1.29, 1.82) is 0 Å². The summed E-state index contributed by atoms with van der Waals surface area (Å²) < 4.78 is 17.2. The highest BCUT2D eigenvalue weighted by molar-refractivity contribution is 7.18. The number of fused-ring (bicyclic) bond motifs is 1. The predicted octanol–water partition coefficient (Wildman–Crippen LogP) is 13.8. The van der Waals surface area contributed by atoms with Crippen molar-refractivity contribution in [3.63, 3.8) is 0 Å². The summed E-state index contributed by atoms with van der Waals surface area (Å²) >= 11 is 8.21. The Morgan fingerprint density at radius 1 is 0.321 bits per heavy atom. The molecule has 1 aromatic carbocycles. The van der Waals surface area contributed by atoms with Crippen molar-refractivity contribution in [2.24, 2.45) is 28.2 Å². The first-order valence-electron chi connectivity index (χ1n) is 25.5. The highest BCUT2D eigenvalue weighted by Gasteiger charge is 2.12. The highest BCUT2D eigenvalue weighted by atomic mass is 32.1. The van der Waals surface area contributed by atoms with Crippen molar-refractivity contribution < 1.29 is 0 Å². The van der Waals surface area contributed by atoms with Crippen LogP contribution in [0, 0.1) is 173 Å². The van der Waals surface area contributed by atoms with Gasteiger partial charge in [-0.3, -0.25) is 9.36 Å². The van der Waals surface area contributed by atoms with E-state index in [2.05, 4.69) is 145 Å². The number of aryl methyl sites for hydroxylation is 20. The number of benzene rings is 1. The molecule has 0 saturated carbocycles. The second-order valence-electron chi connectivity index (χ2n) is 19.0. The van der Waals surface area contributed by atoms with Gasteiger partial charge in [0.1, 0.15) is 38.3 Å². The molecule has 9 aromatic heterocycles. The van der Waals surface area contributed by atoms with Crippen molar-refractivity contribution in [3.05, 3.63) is 137 Å². The average molecular weight is 1160 g/mol. The van der Waals surface area contributed by atoms with E-state index in [-0.39, 0.29) is 0 Å². The molecular weight excluding hydrogens is 1070 g/mol. The van der Waals surface area contributed by atoms with Crippen LogP contribution in [0.25, 0.3) is 10.2 Å². The fraction of sp³-hybridized carbons (Fsp3) is 0.518. The molecule has 10 aromatic rings. The maximum absolute atomic E-state index is 4.59. The van der Waals surface area contributed by atoms with Gasteiger partial charge in [-0.1, -0.05) is 5.21 Å². The molecule has 426 valence electrons. The second kappa shape index (κ2) is 31.7. The molecule has 0 saturated heterocycles. The normalized spacial score (nSPS) is 10.1. The molecule has 0 fully saturated rings. The molecule has 9 heterocycles. The molecule has 0 aliphatic rings. The molecule has 0 bridgehead atoms. The van der Waals surface area contributed by atoms with Gasteiger partial charge in [-0.05, 0) is 230 Å². The Balaban J connectivity index is 0.000000303. The van der Waals surface area contributed by atoms with Crippen LogP contribution in [0.5, 0.6) is 0 Å². The fourth-order valence-electron chi connectivity index (χ4n) is 6.59. The molecule has 0 N–H and O–H groups in total. The Labute approximate surface area is 485 Å². The van der Waals surface area contributed by atoms with Gasteiger partial charge in [0.05, 0.1) is 54.4 Å². The van der Waals surface area contributed by atoms with E-state index in [1.165, 1.54) is 92.7 Å². The number of rotatable bonds is 0. The minimum Gasteiger partial charge on any atom is -0.335 e. The summed E-state index contributed by atoms with van der Waals surface area (Å²) in [6.07, 6.45) is 0. The SMILES string of the molecule is Cc1nc(C)c(C)s1.Cc1nc(C)n(C)c1C.Cc1nc2c(C)c(C)c(C)c(C)c2s1.Cc1nn(C)c(C)c1C.Cc1nnc(C)n1C.Cc1nnc(C)s1.Cc1nnn(C)c1C.Cc1nsc(C)c1C.Cc1nsc(C)n1. The topological polar surface area (TPSA) is 187 Å². The molecule has 0 aliphatic heterocycles. The molecule has 0 unspecified atom stereocenters. The van der Waals surface area contributed by atoms with Crippen LogP contribution < -0.4 is 0 Å². The number of aromatic nitrogens is 17. The lowest BCUT2D eigenvalue weighted by Crippen LogP contribution is -1.92. The van der Waals surface area contributed by atoms with Crippen LogP contribution in [0.15, 0.2) is 0 Å². The fourth-order valence-corrected chi connectivity index (χ4v) is 10.2. The summed E-state index contributed by atoms with van der Waals surface area (Å²) in [5.74, 6) is 3.89. The van der Waals surface area contributed by atoms with Crippen LogP contribution in [-0.2, 0) is 28.2 Å². The molecule has 78 heavy (non-hydrogen) atoms. The maximum Gasteiger partial charge on any atom is 0.139 e. The standard InChI is InChI=1S/C12H15NS.2C7H12N2.2C6H9NS.2C5H9N3.2C4H6N2S/c1-6-7(2)9(4)12-11(8(6)3)13-10(5)14-12;1-5-6(2)9(4)7(3)8-5;1-5-6(2)8-9(4)7(5)3;1-4-5(2)8-6(3)7-4;1-4-5(2)7-8-6(4)3;1-4-6-7-5(2)8(4)3;1-4-5(2)8(3)7-6-4;1-3-5-6-4(2)7-3;1-3-5-4(2)7-6-3/h1-5H3;2*1-4H3;4*1-3H3;2*1-2H3. The number of hydrogen-bond acceptors (Lipinski definition) is 18. The summed E-state index contributed by atoms with van der Waals surface area (Å²) in [5.41, 5.74) is 18.7. The smallest absolute Gasteiger partial charge is 0.139 e. The van der Waals surface area contributed by atoms with Gasteiger partial charge in [-0.15, -0.1) is 59.5 Å². The molecule has 0 radical (unpaired) electrons. The van der Waals surface area contributed by atoms with E-state index >= 15 is 0 Å². The van der Waals surface area contributed by atoms with Crippen molar-refractivity contribution >= 4 is 67.3 Å². The van der Waals surface area contributed by atoms with Crippen LogP contribution in [0.4, 0.5) is 0 Å². The molecule has 10 rings (SSSR count). The minimum atomic E-state index is 0.877. The Morgan fingerprint density at radius 3 is 1.09 bits per heavy atom. The van der Waals surface area contributed by atoms with Gasteiger partial charge in [0.25, 0.3) is 0 Å². The molecule has 0 atom stereocenters. The average Bonchev–Trinajstić information content (AvgIpc) is 4.32. The van der Waals surface area contributed by atoms with Crippen LogP contribution in [0.3, 0.4) is 0 Å². The Hall–Kier alpha value is -5.81. The predicted molar refractivity (Wildman–Crippen MR) is 331 cm³/mol. The summed E-state index contributed by atoms with van der Waals surface area (Å²) in [6, 6.07) is 0. The van der Waals surface area contributed by atoms with Crippen molar-refractivity contribution in [2.75, 3.05) is 0 Å². The molecule has 0 aliphatic carbocycles. The minimum absolute atomic E-state index is 0.877. The van der Waals surface area contributed by atoms with E-state index in [0.717, 1.165) is 66.1 Å².